The quantitative estimate of drug-likeness (QED) is 0.534. The van der Waals surface area contributed by atoms with Crippen molar-refractivity contribution < 1.29 is 4.84 Å². The number of hydrogen-bond donors (Lipinski definition) is 2. The van der Waals surface area contributed by atoms with Gasteiger partial charge in [0.1, 0.15) is 5.40 Å². The van der Waals surface area contributed by atoms with Crippen LogP contribution in [0.4, 0.5) is 0 Å². The van der Waals surface area contributed by atoms with Crippen molar-refractivity contribution >= 4 is 11.8 Å². The molecule has 0 aromatic carbocycles. The van der Waals surface area contributed by atoms with Crippen LogP contribution in [0, 0.1) is 10.7 Å². The SMILES string of the molecule is CC1NOC(N)=C1SC#N. The van der Waals surface area contributed by atoms with Gasteiger partial charge in [-0.05, 0) is 18.7 Å². The molecule has 4 nitrogen and oxygen atoms in total. The molecule has 0 aromatic heterocycles. The molecular weight excluding hydrogens is 150 g/mol. The maximum absolute atomic E-state index is 8.30. The van der Waals surface area contributed by atoms with Crippen LogP contribution in [0.5, 0.6) is 0 Å². The van der Waals surface area contributed by atoms with Gasteiger partial charge in [0.25, 0.3) is 0 Å². The number of thioether (sulfide) groups is 1. The Balaban J connectivity index is 2.70. The van der Waals surface area contributed by atoms with Crippen molar-refractivity contribution in [2.75, 3.05) is 0 Å². The highest BCUT2D eigenvalue weighted by Gasteiger charge is 2.21. The molecule has 1 aliphatic rings. The van der Waals surface area contributed by atoms with Gasteiger partial charge >= 0.3 is 0 Å². The summed E-state index contributed by atoms with van der Waals surface area (Å²) in [6.07, 6.45) is 0. The number of rotatable bonds is 1. The number of nitrogens with one attached hydrogen (secondary N) is 1. The molecule has 0 spiro atoms. The maximum atomic E-state index is 8.30. The lowest BCUT2D eigenvalue weighted by atomic mass is 10.3. The van der Waals surface area contributed by atoms with Gasteiger partial charge in [-0.2, -0.15) is 5.26 Å². The summed E-state index contributed by atoms with van der Waals surface area (Å²) in [4.78, 5) is 5.52. The van der Waals surface area contributed by atoms with Crippen LogP contribution in [0.1, 0.15) is 6.92 Å². The molecule has 5 heteroatoms. The highest BCUT2D eigenvalue weighted by atomic mass is 32.2. The molecule has 1 atom stereocenters. The Morgan fingerprint density at radius 1 is 1.90 bits per heavy atom. The van der Waals surface area contributed by atoms with Gasteiger partial charge in [0.15, 0.2) is 0 Å². The van der Waals surface area contributed by atoms with Crippen LogP contribution in [0.15, 0.2) is 10.8 Å². The van der Waals surface area contributed by atoms with E-state index in [1.807, 2.05) is 12.3 Å². The Morgan fingerprint density at radius 3 is 3.00 bits per heavy atom. The first kappa shape index (κ1) is 7.25. The molecule has 0 aromatic rings. The Labute approximate surface area is 63.0 Å². The second-order valence-corrected chi connectivity index (χ2v) is 2.69. The summed E-state index contributed by atoms with van der Waals surface area (Å²) in [6.45, 7) is 1.87. The van der Waals surface area contributed by atoms with Gasteiger partial charge in [-0.25, -0.2) is 0 Å². The minimum absolute atomic E-state index is 0.0321. The van der Waals surface area contributed by atoms with Crippen molar-refractivity contribution in [3.05, 3.63) is 10.8 Å². The van der Waals surface area contributed by atoms with Crippen LogP contribution in [0.3, 0.4) is 0 Å². The first-order valence-electron chi connectivity index (χ1n) is 2.73. The first-order valence-corrected chi connectivity index (χ1v) is 3.55. The fraction of sp³-hybridized carbons (Fsp3) is 0.400. The van der Waals surface area contributed by atoms with Crippen molar-refractivity contribution in [3.63, 3.8) is 0 Å². The van der Waals surface area contributed by atoms with E-state index < -0.39 is 0 Å². The summed E-state index contributed by atoms with van der Waals surface area (Å²) < 4.78 is 0. The predicted octanol–water partition coefficient (Wildman–Crippen LogP) is 0.252. The smallest absolute Gasteiger partial charge is 0.221 e. The second-order valence-electron chi connectivity index (χ2n) is 1.86. The normalized spacial score (nSPS) is 24.2. The summed E-state index contributed by atoms with van der Waals surface area (Å²) in [5.41, 5.74) is 8.01. The lowest BCUT2D eigenvalue weighted by Crippen LogP contribution is -2.18. The van der Waals surface area contributed by atoms with Gasteiger partial charge in [0.2, 0.25) is 5.88 Å². The molecule has 10 heavy (non-hydrogen) atoms. The lowest BCUT2D eigenvalue weighted by molar-refractivity contribution is 0.118. The zero-order valence-corrected chi connectivity index (χ0v) is 6.23. The fourth-order valence-corrected chi connectivity index (χ4v) is 1.12. The monoisotopic (exact) mass is 157 g/mol. The van der Waals surface area contributed by atoms with Gasteiger partial charge in [-0.1, -0.05) is 0 Å². The summed E-state index contributed by atoms with van der Waals surface area (Å²) in [5.74, 6) is 0.305. The molecule has 0 fully saturated rings. The van der Waals surface area contributed by atoms with E-state index in [2.05, 4.69) is 5.48 Å². The zero-order valence-electron chi connectivity index (χ0n) is 5.42. The number of hydroxylamine groups is 1. The number of nitriles is 1. The van der Waals surface area contributed by atoms with E-state index in [4.69, 9.17) is 15.8 Å². The van der Waals surface area contributed by atoms with Crippen LogP contribution >= 0.6 is 11.8 Å². The second kappa shape index (κ2) is 2.82. The van der Waals surface area contributed by atoms with Crippen molar-refractivity contribution in [1.29, 1.82) is 5.26 Å². The molecule has 1 rings (SSSR count). The lowest BCUT2D eigenvalue weighted by Gasteiger charge is -1.98. The minimum atomic E-state index is 0.0321. The van der Waals surface area contributed by atoms with E-state index in [0.29, 0.717) is 5.88 Å². The average Bonchev–Trinajstić information content (AvgIpc) is 2.20. The summed E-state index contributed by atoms with van der Waals surface area (Å²) in [6, 6.07) is 0.0321. The Bertz CT molecular complexity index is 207. The number of nitrogens with two attached hydrogens (primary N) is 1. The molecule has 0 saturated carbocycles. The first-order chi connectivity index (χ1) is 4.75. The molecule has 0 saturated heterocycles. The molecule has 54 valence electrons. The molecule has 3 N–H and O–H groups in total. The summed E-state index contributed by atoms with van der Waals surface area (Å²) >= 11 is 1.03. The number of thiocyanates is 1. The van der Waals surface area contributed by atoms with E-state index in [0.717, 1.165) is 16.7 Å². The van der Waals surface area contributed by atoms with Crippen molar-refractivity contribution in [2.45, 2.75) is 13.0 Å². The van der Waals surface area contributed by atoms with Crippen LogP contribution < -0.4 is 11.2 Å². The maximum Gasteiger partial charge on any atom is 0.221 e. The van der Waals surface area contributed by atoms with Gasteiger partial charge in [-0.3, -0.25) is 0 Å². The fourth-order valence-electron chi connectivity index (χ4n) is 0.657. The third-order valence-corrected chi connectivity index (χ3v) is 2.00. The third-order valence-electron chi connectivity index (χ3n) is 1.14. The largest absolute Gasteiger partial charge is 0.389 e. The molecule has 0 aliphatic carbocycles. The van der Waals surface area contributed by atoms with Crippen LogP contribution in [-0.2, 0) is 4.84 Å². The van der Waals surface area contributed by atoms with E-state index in [9.17, 15) is 0 Å². The minimum Gasteiger partial charge on any atom is -0.389 e. The summed E-state index contributed by atoms with van der Waals surface area (Å²) in [5, 5.41) is 10.2. The third kappa shape index (κ3) is 1.17. The van der Waals surface area contributed by atoms with Crippen molar-refractivity contribution in [1.82, 2.24) is 5.48 Å². The Hall–Kier alpha value is -0.860. The average molecular weight is 157 g/mol. The van der Waals surface area contributed by atoms with Gasteiger partial charge in [-0.15, -0.1) is 5.48 Å². The Kier molecular flexibility index (Phi) is 2.04. The summed E-state index contributed by atoms with van der Waals surface area (Å²) in [7, 11) is 0. The number of nitrogens with zero attached hydrogens (tertiary/aromatic N) is 1. The van der Waals surface area contributed by atoms with Gasteiger partial charge < -0.3 is 10.6 Å². The van der Waals surface area contributed by atoms with E-state index in [-0.39, 0.29) is 6.04 Å². The van der Waals surface area contributed by atoms with Crippen LogP contribution in [-0.4, -0.2) is 6.04 Å². The molecule has 1 aliphatic heterocycles. The van der Waals surface area contributed by atoms with Crippen LogP contribution in [0.25, 0.3) is 0 Å². The topological polar surface area (TPSA) is 71.1 Å². The molecule has 1 heterocycles. The highest BCUT2D eigenvalue weighted by Crippen LogP contribution is 2.24. The standard InChI is InChI=1S/C5H7N3OS/c1-3-4(10-2-6)5(7)9-8-3/h3,8H,7H2,1H3. The highest BCUT2D eigenvalue weighted by molar-refractivity contribution is 8.07. The molecule has 0 bridgehead atoms. The van der Waals surface area contributed by atoms with E-state index >= 15 is 0 Å². The molecule has 0 radical (unpaired) electrons. The van der Waals surface area contributed by atoms with Crippen molar-refractivity contribution in [2.24, 2.45) is 5.73 Å². The van der Waals surface area contributed by atoms with Gasteiger partial charge in [0.05, 0.1) is 10.9 Å². The Morgan fingerprint density at radius 2 is 2.60 bits per heavy atom. The van der Waals surface area contributed by atoms with Gasteiger partial charge in [0, 0.05) is 0 Å². The predicted molar refractivity (Wildman–Crippen MR) is 38.1 cm³/mol. The molecular formula is C5H7N3OS. The van der Waals surface area contributed by atoms with Crippen molar-refractivity contribution in [3.8, 4) is 5.40 Å². The van der Waals surface area contributed by atoms with E-state index in [1.165, 1.54) is 0 Å². The molecule has 1 unspecified atom stereocenters. The molecule has 0 amide bonds. The zero-order chi connectivity index (χ0) is 7.56. The van der Waals surface area contributed by atoms with Crippen LogP contribution in [0.2, 0.25) is 0 Å². The number of hydrogen-bond acceptors (Lipinski definition) is 5. The van der Waals surface area contributed by atoms with E-state index in [1.54, 1.807) is 0 Å².